The SMILES string of the molecule is Cc1cccc(C)c1CS(=O)c1ccc(N)c(Cl)c1. The summed E-state index contributed by atoms with van der Waals surface area (Å²) < 4.78 is 12.4. The van der Waals surface area contributed by atoms with E-state index in [1.54, 1.807) is 18.2 Å². The molecule has 0 aromatic heterocycles. The van der Waals surface area contributed by atoms with E-state index in [1.165, 1.54) is 0 Å². The lowest BCUT2D eigenvalue weighted by molar-refractivity contribution is 0.682. The van der Waals surface area contributed by atoms with E-state index in [2.05, 4.69) is 0 Å². The zero-order valence-electron chi connectivity index (χ0n) is 10.9. The molecule has 2 rings (SSSR count). The number of hydrogen-bond donors (Lipinski definition) is 1. The smallest absolute Gasteiger partial charge is 0.0647 e. The van der Waals surface area contributed by atoms with E-state index in [0.717, 1.165) is 16.7 Å². The number of rotatable bonds is 3. The molecule has 0 aliphatic rings. The van der Waals surface area contributed by atoms with Crippen LogP contribution in [0.25, 0.3) is 0 Å². The van der Waals surface area contributed by atoms with Crippen molar-refractivity contribution in [3.8, 4) is 0 Å². The molecule has 2 aromatic rings. The van der Waals surface area contributed by atoms with Crippen molar-refractivity contribution in [3.63, 3.8) is 0 Å². The van der Waals surface area contributed by atoms with Gasteiger partial charge in [-0.1, -0.05) is 29.8 Å². The van der Waals surface area contributed by atoms with Crippen LogP contribution in [0.3, 0.4) is 0 Å². The average molecular weight is 294 g/mol. The largest absolute Gasteiger partial charge is 0.398 e. The van der Waals surface area contributed by atoms with Gasteiger partial charge in [-0.25, -0.2) is 0 Å². The highest BCUT2D eigenvalue weighted by molar-refractivity contribution is 7.84. The topological polar surface area (TPSA) is 43.1 Å². The van der Waals surface area contributed by atoms with E-state index >= 15 is 0 Å². The number of nitrogen functional groups attached to an aromatic ring is 1. The first-order valence-corrected chi connectivity index (χ1v) is 7.67. The number of aryl methyl sites for hydroxylation is 2. The van der Waals surface area contributed by atoms with Gasteiger partial charge in [0.1, 0.15) is 0 Å². The van der Waals surface area contributed by atoms with Gasteiger partial charge in [-0.3, -0.25) is 4.21 Å². The molecule has 0 aliphatic heterocycles. The summed E-state index contributed by atoms with van der Waals surface area (Å²) in [5.41, 5.74) is 9.62. The summed E-state index contributed by atoms with van der Waals surface area (Å²) in [5.74, 6) is 0.499. The number of hydrogen-bond acceptors (Lipinski definition) is 2. The molecule has 1 atom stereocenters. The maximum Gasteiger partial charge on any atom is 0.0647 e. The second-order valence-corrected chi connectivity index (χ2v) is 6.40. The zero-order valence-corrected chi connectivity index (χ0v) is 12.5. The van der Waals surface area contributed by atoms with Crippen molar-refractivity contribution in [2.24, 2.45) is 0 Å². The summed E-state index contributed by atoms with van der Waals surface area (Å²) in [5, 5.41) is 0.451. The molecular formula is C15H16ClNOS. The standard InChI is InChI=1S/C15H16ClNOS/c1-10-4-3-5-11(2)13(10)9-19(18)12-6-7-15(17)14(16)8-12/h3-8H,9,17H2,1-2H3. The van der Waals surface area contributed by atoms with Crippen molar-refractivity contribution in [2.75, 3.05) is 5.73 Å². The number of anilines is 1. The van der Waals surface area contributed by atoms with Gasteiger partial charge in [0, 0.05) is 4.90 Å². The number of benzene rings is 2. The molecule has 4 heteroatoms. The Morgan fingerprint density at radius 2 is 1.79 bits per heavy atom. The molecule has 19 heavy (non-hydrogen) atoms. The predicted molar refractivity (Wildman–Crippen MR) is 81.9 cm³/mol. The van der Waals surface area contributed by atoms with Gasteiger partial charge < -0.3 is 5.73 Å². The minimum atomic E-state index is -1.11. The van der Waals surface area contributed by atoms with Crippen molar-refractivity contribution in [2.45, 2.75) is 24.5 Å². The van der Waals surface area contributed by atoms with Crippen LogP contribution in [0.1, 0.15) is 16.7 Å². The van der Waals surface area contributed by atoms with Crippen molar-refractivity contribution in [3.05, 3.63) is 58.1 Å². The van der Waals surface area contributed by atoms with Crippen LogP contribution >= 0.6 is 11.6 Å². The van der Waals surface area contributed by atoms with Crippen LogP contribution in [-0.4, -0.2) is 4.21 Å². The summed E-state index contributed by atoms with van der Waals surface area (Å²) in [6.07, 6.45) is 0. The molecule has 100 valence electrons. The van der Waals surface area contributed by atoms with E-state index in [0.29, 0.717) is 21.4 Å². The van der Waals surface area contributed by atoms with E-state index in [9.17, 15) is 4.21 Å². The fourth-order valence-corrected chi connectivity index (χ4v) is 3.54. The maximum atomic E-state index is 12.4. The Morgan fingerprint density at radius 3 is 2.37 bits per heavy atom. The highest BCUT2D eigenvalue weighted by Gasteiger charge is 2.10. The Balaban J connectivity index is 2.28. The Morgan fingerprint density at radius 1 is 1.16 bits per heavy atom. The van der Waals surface area contributed by atoms with Crippen LogP contribution in [-0.2, 0) is 16.6 Å². The third kappa shape index (κ3) is 3.17. The van der Waals surface area contributed by atoms with Gasteiger partial charge in [0.2, 0.25) is 0 Å². The molecule has 0 bridgehead atoms. The lowest BCUT2D eigenvalue weighted by atomic mass is 10.1. The summed E-state index contributed by atoms with van der Waals surface area (Å²) >= 11 is 5.96. The van der Waals surface area contributed by atoms with E-state index in [4.69, 9.17) is 17.3 Å². The molecule has 2 nitrogen and oxygen atoms in total. The Bertz CT molecular complexity index is 620. The normalized spacial score (nSPS) is 12.4. The fraction of sp³-hybridized carbons (Fsp3) is 0.200. The van der Waals surface area contributed by atoms with Gasteiger partial charge in [-0.05, 0) is 48.7 Å². The molecule has 0 aliphatic carbocycles. The fourth-order valence-electron chi connectivity index (χ4n) is 1.94. The van der Waals surface area contributed by atoms with Gasteiger partial charge in [0.05, 0.1) is 27.3 Å². The van der Waals surface area contributed by atoms with Crippen LogP contribution in [0.2, 0.25) is 5.02 Å². The van der Waals surface area contributed by atoms with E-state index in [1.807, 2.05) is 32.0 Å². The number of nitrogens with two attached hydrogens (primary N) is 1. The first kappa shape index (κ1) is 14.1. The third-order valence-electron chi connectivity index (χ3n) is 3.15. The average Bonchev–Trinajstić information content (AvgIpc) is 2.37. The van der Waals surface area contributed by atoms with E-state index < -0.39 is 10.8 Å². The summed E-state index contributed by atoms with van der Waals surface area (Å²) in [6, 6.07) is 11.2. The second-order valence-electron chi connectivity index (χ2n) is 4.54. The molecule has 0 spiro atoms. The summed E-state index contributed by atoms with van der Waals surface area (Å²) in [6.45, 7) is 4.07. The Kier molecular flexibility index (Phi) is 4.27. The third-order valence-corrected chi connectivity index (χ3v) is 4.81. The molecule has 0 saturated carbocycles. The molecule has 0 fully saturated rings. The van der Waals surface area contributed by atoms with Gasteiger partial charge in [-0.15, -0.1) is 0 Å². The molecule has 2 N–H and O–H groups in total. The van der Waals surface area contributed by atoms with Gasteiger partial charge in [0.25, 0.3) is 0 Å². The zero-order chi connectivity index (χ0) is 14.0. The highest BCUT2D eigenvalue weighted by atomic mass is 35.5. The Hall–Kier alpha value is -1.32. The predicted octanol–water partition coefficient (Wildman–Crippen LogP) is 3.85. The molecular weight excluding hydrogens is 278 g/mol. The molecule has 1 unspecified atom stereocenters. The minimum absolute atomic E-state index is 0.451. The van der Waals surface area contributed by atoms with Crippen LogP contribution in [0.15, 0.2) is 41.3 Å². The molecule has 0 radical (unpaired) electrons. The van der Waals surface area contributed by atoms with Crippen molar-refractivity contribution >= 4 is 28.1 Å². The monoisotopic (exact) mass is 293 g/mol. The van der Waals surface area contributed by atoms with Crippen LogP contribution in [0.4, 0.5) is 5.69 Å². The molecule has 0 saturated heterocycles. The van der Waals surface area contributed by atoms with Gasteiger partial charge >= 0.3 is 0 Å². The van der Waals surface area contributed by atoms with Crippen LogP contribution in [0.5, 0.6) is 0 Å². The lowest BCUT2D eigenvalue weighted by Gasteiger charge is -2.10. The highest BCUT2D eigenvalue weighted by Crippen LogP contribution is 2.24. The van der Waals surface area contributed by atoms with Gasteiger partial charge in [0.15, 0.2) is 0 Å². The van der Waals surface area contributed by atoms with Crippen molar-refractivity contribution in [1.29, 1.82) is 0 Å². The first-order chi connectivity index (χ1) is 8.99. The Labute approximate surface area is 121 Å². The van der Waals surface area contributed by atoms with Crippen LogP contribution < -0.4 is 5.73 Å². The van der Waals surface area contributed by atoms with Crippen LogP contribution in [0, 0.1) is 13.8 Å². The number of halogens is 1. The summed E-state index contributed by atoms with van der Waals surface area (Å²) in [4.78, 5) is 0.710. The molecule has 0 heterocycles. The lowest BCUT2D eigenvalue weighted by Crippen LogP contribution is -2.01. The van der Waals surface area contributed by atoms with Gasteiger partial charge in [-0.2, -0.15) is 0 Å². The minimum Gasteiger partial charge on any atom is -0.398 e. The maximum absolute atomic E-state index is 12.4. The summed E-state index contributed by atoms with van der Waals surface area (Å²) in [7, 11) is -1.11. The molecule has 0 amide bonds. The second kappa shape index (κ2) is 5.76. The first-order valence-electron chi connectivity index (χ1n) is 5.97. The quantitative estimate of drug-likeness (QED) is 0.874. The molecule has 2 aromatic carbocycles. The van der Waals surface area contributed by atoms with Crippen molar-refractivity contribution in [1.82, 2.24) is 0 Å². The van der Waals surface area contributed by atoms with Crippen molar-refractivity contribution < 1.29 is 4.21 Å². The van der Waals surface area contributed by atoms with E-state index in [-0.39, 0.29) is 0 Å².